The van der Waals surface area contributed by atoms with Gasteiger partial charge in [0.2, 0.25) is 0 Å². The van der Waals surface area contributed by atoms with Crippen LogP contribution in [0.4, 0.5) is 10.5 Å². The van der Waals surface area contributed by atoms with Crippen LogP contribution in [0, 0.1) is 12.3 Å². The Labute approximate surface area is 208 Å². The molecule has 3 heterocycles. The highest BCUT2D eigenvalue weighted by Gasteiger charge is 2.66. The van der Waals surface area contributed by atoms with E-state index in [-0.39, 0.29) is 24.0 Å². The minimum Gasteiger partial charge on any atom is -0.493 e. The molecule has 2 spiro atoms. The Morgan fingerprint density at radius 3 is 2.57 bits per heavy atom. The van der Waals surface area contributed by atoms with Crippen molar-refractivity contribution in [2.45, 2.75) is 51.7 Å². The summed E-state index contributed by atoms with van der Waals surface area (Å²) in [6.07, 6.45) is 2.66. The standard InChI is InChI=1S/C25H27ClN4O5/c1-14-9-15(26)11-27-19(14)20(31)28-16-5-6-18-17(10-16)25(24(7-8-24)12-33-18)13-34-21(30-25)29-22(32)35-23(2,3)4/h5-6,9-11H,7-8,12-13H2,1-4H3,(H,28,31)(H,29,30,32). The van der Waals surface area contributed by atoms with Gasteiger partial charge in [-0.15, -0.1) is 0 Å². The molecule has 9 nitrogen and oxygen atoms in total. The Balaban J connectivity index is 1.44. The summed E-state index contributed by atoms with van der Waals surface area (Å²) in [5, 5.41) is 6.00. The van der Waals surface area contributed by atoms with E-state index in [2.05, 4.69) is 15.6 Å². The van der Waals surface area contributed by atoms with Crippen LogP contribution in [0.15, 0.2) is 35.5 Å². The van der Waals surface area contributed by atoms with Crippen molar-refractivity contribution < 1.29 is 23.8 Å². The molecule has 1 aromatic carbocycles. The molecule has 184 valence electrons. The molecule has 2 aliphatic heterocycles. The van der Waals surface area contributed by atoms with Gasteiger partial charge in [-0.2, -0.15) is 0 Å². The van der Waals surface area contributed by atoms with Gasteiger partial charge in [0.1, 0.15) is 29.2 Å². The normalized spacial score (nSPS) is 21.5. The van der Waals surface area contributed by atoms with E-state index in [0.717, 1.165) is 18.4 Å². The van der Waals surface area contributed by atoms with E-state index < -0.39 is 17.2 Å². The molecule has 2 N–H and O–H groups in total. The van der Waals surface area contributed by atoms with Gasteiger partial charge in [-0.25, -0.2) is 20.1 Å². The Bertz CT molecular complexity index is 1250. The van der Waals surface area contributed by atoms with Gasteiger partial charge in [0.05, 0.1) is 11.6 Å². The molecule has 1 saturated carbocycles. The van der Waals surface area contributed by atoms with Crippen molar-refractivity contribution in [3.8, 4) is 5.75 Å². The van der Waals surface area contributed by atoms with E-state index >= 15 is 0 Å². The quantitative estimate of drug-likeness (QED) is 0.627. The molecule has 1 atom stereocenters. The molecule has 0 bridgehead atoms. The van der Waals surface area contributed by atoms with Gasteiger partial charge in [0, 0.05) is 22.9 Å². The van der Waals surface area contributed by atoms with Gasteiger partial charge in [-0.05, 0) is 70.4 Å². The summed E-state index contributed by atoms with van der Waals surface area (Å²) in [6, 6.07) is 7.27. The molecule has 1 fully saturated rings. The largest absolute Gasteiger partial charge is 0.493 e. The van der Waals surface area contributed by atoms with Crippen LogP contribution in [0.3, 0.4) is 0 Å². The number of aryl methyl sites for hydroxylation is 1. The Morgan fingerprint density at radius 1 is 1.11 bits per heavy atom. The number of rotatable bonds is 2. The third-order valence-electron chi connectivity index (χ3n) is 6.50. The number of carbonyl (C=O) groups excluding carboxylic acids is 2. The molecule has 3 aliphatic rings. The van der Waals surface area contributed by atoms with Gasteiger partial charge in [-0.1, -0.05) is 11.6 Å². The van der Waals surface area contributed by atoms with Crippen molar-refractivity contribution in [1.29, 1.82) is 0 Å². The second-order valence-corrected chi connectivity index (χ2v) is 10.7. The zero-order chi connectivity index (χ0) is 25.0. The van der Waals surface area contributed by atoms with E-state index in [1.165, 1.54) is 6.20 Å². The summed E-state index contributed by atoms with van der Waals surface area (Å²) in [6.45, 7) is 7.91. The van der Waals surface area contributed by atoms with Crippen LogP contribution in [0.5, 0.6) is 5.75 Å². The van der Waals surface area contributed by atoms with Crippen LogP contribution in [-0.2, 0) is 15.0 Å². The molecule has 35 heavy (non-hydrogen) atoms. The molecular formula is C25H27ClN4O5. The van der Waals surface area contributed by atoms with E-state index in [0.29, 0.717) is 34.3 Å². The molecule has 10 heteroatoms. The number of amides is 2. The van der Waals surface area contributed by atoms with Crippen molar-refractivity contribution in [2.75, 3.05) is 18.5 Å². The first kappa shape index (κ1) is 23.4. The fourth-order valence-electron chi connectivity index (χ4n) is 4.63. The number of amidine groups is 1. The van der Waals surface area contributed by atoms with E-state index in [9.17, 15) is 9.59 Å². The van der Waals surface area contributed by atoms with Crippen molar-refractivity contribution in [3.63, 3.8) is 0 Å². The highest BCUT2D eigenvalue weighted by Crippen LogP contribution is 2.65. The summed E-state index contributed by atoms with van der Waals surface area (Å²) in [7, 11) is 0. The molecule has 2 amide bonds. The number of alkyl carbamates (subject to hydrolysis) is 1. The monoisotopic (exact) mass is 498 g/mol. The number of pyridine rings is 1. The minimum absolute atomic E-state index is 0.119. The fourth-order valence-corrected chi connectivity index (χ4v) is 4.84. The predicted octanol–water partition coefficient (Wildman–Crippen LogP) is 4.57. The molecule has 2 aromatic rings. The first-order valence-electron chi connectivity index (χ1n) is 11.4. The molecule has 1 aliphatic carbocycles. The third kappa shape index (κ3) is 4.29. The van der Waals surface area contributed by atoms with Crippen molar-refractivity contribution in [1.82, 2.24) is 10.3 Å². The zero-order valence-corrected chi connectivity index (χ0v) is 20.8. The second kappa shape index (κ2) is 8.12. The predicted molar refractivity (Wildman–Crippen MR) is 130 cm³/mol. The molecule has 0 radical (unpaired) electrons. The number of ether oxygens (including phenoxy) is 3. The lowest BCUT2D eigenvalue weighted by atomic mass is 9.74. The van der Waals surface area contributed by atoms with Crippen LogP contribution in [0.25, 0.3) is 0 Å². The Kier molecular flexibility index (Phi) is 5.43. The number of hydrogen-bond acceptors (Lipinski definition) is 7. The number of aliphatic imine (C=N–C) groups is 1. The van der Waals surface area contributed by atoms with Crippen LogP contribution < -0.4 is 15.4 Å². The highest BCUT2D eigenvalue weighted by molar-refractivity contribution is 6.30. The van der Waals surface area contributed by atoms with Crippen molar-refractivity contribution in [3.05, 3.63) is 52.3 Å². The minimum atomic E-state index is -0.736. The summed E-state index contributed by atoms with van der Waals surface area (Å²) in [5.41, 5.74) is 0.747. The number of fused-ring (bicyclic) bond motifs is 3. The lowest BCUT2D eigenvalue weighted by molar-refractivity contribution is 0.0546. The van der Waals surface area contributed by atoms with Crippen molar-refractivity contribution in [2.24, 2.45) is 10.4 Å². The first-order valence-corrected chi connectivity index (χ1v) is 11.8. The van der Waals surface area contributed by atoms with Gasteiger partial charge in [0.25, 0.3) is 11.9 Å². The summed E-state index contributed by atoms with van der Waals surface area (Å²) >= 11 is 5.97. The zero-order valence-electron chi connectivity index (χ0n) is 20.0. The summed E-state index contributed by atoms with van der Waals surface area (Å²) < 4.78 is 17.3. The SMILES string of the molecule is Cc1cc(Cl)cnc1C(=O)Nc1ccc2c(c1)C1(COC(NC(=O)OC(C)(C)C)=N1)C1(CC1)CO2. The summed E-state index contributed by atoms with van der Waals surface area (Å²) in [4.78, 5) is 34.2. The van der Waals surface area contributed by atoms with Gasteiger partial charge in [-0.3, -0.25) is 4.79 Å². The van der Waals surface area contributed by atoms with Gasteiger partial charge in [0.15, 0.2) is 0 Å². The number of benzene rings is 1. The lowest BCUT2D eigenvalue weighted by Gasteiger charge is -2.39. The van der Waals surface area contributed by atoms with Crippen LogP contribution in [0.1, 0.15) is 55.2 Å². The van der Waals surface area contributed by atoms with E-state index in [1.807, 2.05) is 12.1 Å². The number of hydrogen-bond donors (Lipinski definition) is 2. The molecule has 0 saturated heterocycles. The van der Waals surface area contributed by atoms with Gasteiger partial charge < -0.3 is 19.5 Å². The lowest BCUT2D eigenvalue weighted by Crippen LogP contribution is -2.44. The smallest absolute Gasteiger partial charge is 0.415 e. The number of halogens is 1. The molecule has 1 unspecified atom stereocenters. The maximum atomic E-state index is 12.9. The maximum Gasteiger partial charge on any atom is 0.415 e. The maximum absolute atomic E-state index is 12.9. The summed E-state index contributed by atoms with van der Waals surface area (Å²) in [5.74, 6) is 0.330. The second-order valence-electron chi connectivity index (χ2n) is 10.2. The average molecular weight is 499 g/mol. The Morgan fingerprint density at radius 2 is 1.89 bits per heavy atom. The third-order valence-corrected chi connectivity index (χ3v) is 6.70. The topological polar surface area (TPSA) is 111 Å². The first-order chi connectivity index (χ1) is 16.5. The van der Waals surface area contributed by atoms with Crippen molar-refractivity contribution >= 4 is 35.3 Å². The number of anilines is 1. The average Bonchev–Trinajstić information content (AvgIpc) is 3.43. The van der Waals surface area contributed by atoms with Crippen LogP contribution in [-0.4, -0.2) is 41.8 Å². The molecule has 5 rings (SSSR count). The Hall–Kier alpha value is -3.33. The fraction of sp³-hybridized carbons (Fsp3) is 0.440. The highest BCUT2D eigenvalue weighted by atomic mass is 35.5. The molecule has 1 aromatic heterocycles. The number of carbonyl (C=O) groups is 2. The van der Waals surface area contributed by atoms with Gasteiger partial charge >= 0.3 is 6.09 Å². The van der Waals surface area contributed by atoms with E-state index in [4.69, 9.17) is 30.8 Å². The number of nitrogens with zero attached hydrogens (tertiary/aromatic N) is 2. The van der Waals surface area contributed by atoms with E-state index in [1.54, 1.807) is 39.8 Å². The number of aromatic nitrogens is 1. The number of nitrogens with one attached hydrogen (secondary N) is 2. The molecular weight excluding hydrogens is 472 g/mol. The van der Waals surface area contributed by atoms with Crippen LogP contribution >= 0.6 is 11.6 Å². The van der Waals surface area contributed by atoms with Crippen LogP contribution in [0.2, 0.25) is 5.02 Å².